The molecule has 1 saturated carbocycles. The van der Waals surface area contributed by atoms with Gasteiger partial charge in [-0.3, -0.25) is 24.0 Å². The zero-order chi connectivity index (χ0) is 33.7. The first-order valence-corrected chi connectivity index (χ1v) is 16.7. The normalized spacial score (nSPS) is 21.7. The molecule has 1 aromatic heterocycles. The Hall–Kier alpha value is -5.30. The van der Waals surface area contributed by atoms with E-state index in [1.54, 1.807) is 48.0 Å². The first-order chi connectivity index (χ1) is 23.2. The molecule has 248 valence electrons. The van der Waals surface area contributed by atoms with E-state index in [1.165, 1.54) is 18.3 Å². The van der Waals surface area contributed by atoms with Crippen molar-refractivity contribution >= 4 is 51.1 Å². The van der Waals surface area contributed by atoms with Gasteiger partial charge in [0.15, 0.2) is 0 Å². The Bertz CT molecular complexity index is 1820. The Morgan fingerprint density at radius 1 is 0.958 bits per heavy atom. The van der Waals surface area contributed by atoms with Crippen molar-refractivity contribution in [2.24, 2.45) is 0 Å². The quantitative estimate of drug-likeness (QED) is 0.208. The summed E-state index contributed by atoms with van der Waals surface area (Å²) < 4.78 is 6.74. The molecular weight excluding hydrogens is 632 g/mol. The van der Waals surface area contributed by atoms with Crippen molar-refractivity contribution in [2.75, 3.05) is 13.2 Å². The van der Waals surface area contributed by atoms with Crippen LogP contribution in [0, 0.1) is 0 Å². The molecule has 2 bridgehead atoms. The first kappa shape index (κ1) is 32.6. The van der Waals surface area contributed by atoms with Gasteiger partial charge in [0.1, 0.15) is 36.0 Å². The van der Waals surface area contributed by atoms with Gasteiger partial charge in [-0.1, -0.05) is 42.5 Å². The number of hydrogen-bond donors (Lipinski definition) is 5. The topological polar surface area (TPSA) is 168 Å². The van der Waals surface area contributed by atoms with E-state index in [4.69, 9.17) is 4.74 Å². The molecule has 7 rings (SSSR count). The third kappa shape index (κ3) is 7.80. The summed E-state index contributed by atoms with van der Waals surface area (Å²) in [5.41, 5.74) is 3.21. The SMILES string of the molecule is C[C@@H]1NC(=O)[C@@H](NC(=O)c2ccc3scnc3c2)Cc2ccc(cc2)OCCNC(=O)C2(CC2)NC(=O)[C@@H](Cc2ccccc2)NC1=O. The smallest absolute Gasteiger partial charge is 0.252 e. The molecule has 3 aliphatic rings. The van der Waals surface area contributed by atoms with Crippen molar-refractivity contribution in [1.29, 1.82) is 0 Å². The molecule has 5 N–H and O–H groups in total. The van der Waals surface area contributed by atoms with Crippen molar-refractivity contribution < 1.29 is 28.7 Å². The number of nitrogens with one attached hydrogen (secondary N) is 5. The minimum absolute atomic E-state index is 0.127. The van der Waals surface area contributed by atoms with Gasteiger partial charge in [-0.05, 0) is 61.2 Å². The molecule has 3 atom stereocenters. The Morgan fingerprint density at radius 3 is 2.48 bits per heavy atom. The van der Waals surface area contributed by atoms with Crippen LogP contribution in [0.1, 0.15) is 41.3 Å². The van der Waals surface area contributed by atoms with Crippen molar-refractivity contribution in [3.8, 4) is 5.75 Å². The highest BCUT2D eigenvalue weighted by molar-refractivity contribution is 7.16. The Kier molecular flexibility index (Phi) is 9.67. The molecule has 48 heavy (non-hydrogen) atoms. The second-order valence-electron chi connectivity index (χ2n) is 12.1. The molecule has 13 heteroatoms. The molecular formula is C35H36N6O6S. The number of aromatic nitrogens is 1. The number of hydrogen-bond acceptors (Lipinski definition) is 8. The van der Waals surface area contributed by atoms with E-state index in [9.17, 15) is 24.0 Å². The molecule has 0 radical (unpaired) electrons. The Labute approximate surface area is 281 Å². The van der Waals surface area contributed by atoms with E-state index in [1.807, 2.05) is 30.3 Å². The zero-order valence-electron chi connectivity index (χ0n) is 26.3. The van der Waals surface area contributed by atoms with Crippen molar-refractivity contribution in [3.05, 3.63) is 95.0 Å². The number of ether oxygens (including phenoxy) is 1. The van der Waals surface area contributed by atoms with Gasteiger partial charge in [-0.25, -0.2) is 4.98 Å². The minimum atomic E-state index is -1.06. The number of rotatable bonds is 4. The van der Waals surface area contributed by atoms with Crippen molar-refractivity contribution in [3.63, 3.8) is 0 Å². The molecule has 0 saturated heterocycles. The molecule has 2 aliphatic heterocycles. The lowest BCUT2D eigenvalue weighted by atomic mass is 10.0. The number of carbonyl (C=O) groups excluding carboxylic acids is 5. The largest absolute Gasteiger partial charge is 0.492 e. The predicted molar refractivity (Wildman–Crippen MR) is 179 cm³/mol. The minimum Gasteiger partial charge on any atom is -0.492 e. The molecule has 1 fully saturated rings. The van der Waals surface area contributed by atoms with E-state index >= 15 is 0 Å². The number of carbonyl (C=O) groups is 5. The van der Waals surface area contributed by atoms with E-state index in [0.29, 0.717) is 29.7 Å². The molecule has 3 aromatic carbocycles. The van der Waals surface area contributed by atoms with Crippen LogP contribution in [0.5, 0.6) is 5.75 Å². The second kappa shape index (κ2) is 14.2. The fourth-order valence-corrected chi connectivity index (χ4v) is 6.16. The number of amides is 5. The van der Waals surface area contributed by atoms with Crippen LogP contribution in [0.15, 0.2) is 78.3 Å². The summed E-state index contributed by atoms with van der Waals surface area (Å²) in [5, 5.41) is 14.0. The summed E-state index contributed by atoms with van der Waals surface area (Å²) in [6, 6.07) is 18.3. The standard InChI is InChI=1S/C35H36N6O6S/c1-21-30(42)39-28(17-22-5-3-2-4-6-22)33(45)41-35(13-14-35)34(46)36-15-16-47-25-10-7-23(8-11-25)18-27(32(44)38-21)40-31(43)24-9-12-29-26(19-24)37-20-48-29/h2-12,19-21,27-28H,13-18H2,1H3,(H,36,46)(H,38,44)(H,39,42)(H,40,43)(H,41,45)/t21-,27-,28+/m0/s1. The second-order valence-corrected chi connectivity index (χ2v) is 13.0. The van der Waals surface area contributed by atoms with Gasteiger partial charge >= 0.3 is 0 Å². The highest BCUT2D eigenvalue weighted by Crippen LogP contribution is 2.35. The fraction of sp³-hybridized carbons (Fsp3) is 0.314. The fourth-order valence-electron chi connectivity index (χ4n) is 5.50. The highest BCUT2D eigenvalue weighted by Gasteiger charge is 2.51. The maximum atomic E-state index is 13.7. The summed E-state index contributed by atoms with van der Waals surface area (Å²) in [6.07, 6.45) is 1.23. The van der Waals surface area contributed by atoms with Crippen LogP contribution in [-0.2, 0) is 32.0 Å². The average Bonchev–Trinajstić information content (AvgIpc) is 3.72. The van der Waals surface area contributed by atoms with Gasteiger partial charge in [0.25, 0.3) is 5.91 Å². The van der Waals surface area contributed by atoms with Crippen LogP contribution < -0.4 is 31.3 Å². The highest BCUT2D eigenvalue weighted by atomic mass is 32.1. The lowest BCUT2D eigenvalue weighted by Crippen LogP contribution is -2.59. The maximum absolute atomic E-state index is 13.7. The van der Waals surface area contributed by atoms with Crippen molar-refractivity contribution in [1.82, 2.24) is 31.6 Å². The van der Waals surface area contributed by atoms with E-state index in [-0.39, 0.29) is 31.9 Å². The van der Waals surface area contributed by atoms with Crippen LogP contribution in [0.3, 0.4) is 0 Å². The number of fused-ring (bicyclic) bond motifs is 16. The monoisotopic (exact) mass is 668 g/mol. The Balaban J connectivity index is 1.24. The summed E-state index contributed by atoms with van der Waals surface area (Å²) >= 11 is 1.46. The van der Waals surface area contributed by atoms with Crippen LogP contribution in [0.25, 0.3) is 10.2 Å². The van der Waals surface area contributed by atoms with Gasteiger partial charge in [0, 0.05) is 18.4 Å². The summed E-state index contributed by atoms with van der Waals surface area (Å²) in [4.78, 5) is 71.4. The van der Waals surface area contributed by atoms with Gasteiger partial charge in [-0.15, -0.1) is 11.3 Å². The van der Waals surface area contributed by atoms with Crippen LogP contribution in [-0.4, -0.2) is 71.3 Å². The lowest BCUT2D eigenvalue weighted by molar-refractivity contribution is -0.134. The molecule has 0 unspecified atom stereocenters. The number of thiazole rings is 1. The van der Waals surface area contributed by atoms with E-state index in [0.717, 1.165) is 15.8 Å². The van der Waals surface area contributed by atoms with Crippen LogP contribution in [0.4, 0.5) is 0 Å². The third-order valence-corrected chi connectivity index (χ3v) is 9.26. The number of nitrogens with zero attached hydrogens (tertiary/aromatic N) is 1. The maximum Gasteiger partial charge on any atom is 0.252 e. The molecule has 1 spiro atoms. The van der Waals surface area contributed by atoms with Gasteiger partial charge in [0.05, 0.1) is 22.3 Å². The molecule has 1 aliphatic carbocycles. The predicted octanol–water partition coefficient (Wildman–Crippen LogP) is 2.03. The molecule has 3 heterocycles. The summed E-state index contributed by atoms with van der Waals surface area (Å²) in [6.45, 7) is 1.93. The van der Waals surface area contributed by atoms with E-state index in [2.05, 4.69) is 31.6 Å². The summed E-state index contributed by atoms with van der Waals surface area (Å²) in [7, 11) is 0. The lowest BCUT2D eigenvalue weighted by Gasteiger charge is -2.25. The van der Waals surface area contributed by atoms with Gasteiger partial charge in [0.2, 0.25) is 23.6 Å². The third-order valence-electron chi connectivity index (χ3n) is 8.45. The zero-order valence-corrected chi connectivity index (χ0v) is 27.1. The molecule has 12 nitrogen and oxygen atoms in total. The van der Waals surface area contributed by atoms with E-state index < -0.39 is 47.3 Å². The van der Waals surface area contributed by atoms with Crippen LogP contribution in [0.2, 0.25) is 0 Å². The molecule has 5 amide bonds. The average molecular weight is 669 g/mol. The molecule has 4 aromatic rings. The summed E-state index contributed by atoms with van der Waals surface area (Å²) in [5.74, 6) is -1.89. The van der Waals surface area contributed by atoms with Crippen molar-refractivity contribution in [2.45, 2.75) is 56.3 Å². The first-order valence-electron chi connectivity index (χ1n) is 15.8. The number of benzene rings is 3. The van der Waals surface area contributed by atoms with Crippen LogP contribution >= 0.6 is 11.3 Å². The van der Waals surface area contributed by atoms with Gasteiger partial charge in [-0.2, -0.15) is 0 Å². The Morgan fingerprint density at radius 2 is 1.73 bits per heavy atom. The van der Waals surface area contributed by atoms with Gasteiger partial charge < -0.3 is 31.3 Å².